The number of benzene rings is 3. The van der Waals surface area contributed by atoms with Crippen LogP contribution in [0.2, 0.25) is 0 Å². The highest BCUT2D eigenvalue weighted by molar-refractivity contribution is 5.74. The standard InChI is InChI=1S/C33H37F6N3O/c1-22-9-7-8-12-25(22)15-28-21-42(19-24-10-5-4-6-11-24)20-26(28)13-14-40-31(43)41(3)23(2)27-16-29(32(34,35)36)18-30(17-27)33(37,38)39/h4-12,16-18,23,26,28H,13-15,19-21H2,1-3H3,(H,40,43)/t23-,26?,28-/m1/s1. The normalized spacial score (nSPS) is 18.4. The van der Waals surface area contributed by atoms with Gasteiger partial charge < -0.3 is 10.2 Å². The van der Waals surface area contributed by atoms with Crippen molar-refractivity contribution in [1.29, 1.82) is 0 Å². The van der Waals surface area contributed by atoms with Crippen LogP contribution in [0.1, 0.15) is 52.8 Å². The Bertz CT molecular complexity index is 1340. The smallest absolute Gasteiger partial charge is 0.338 e. The van der Waals surface area contributed by atoms with E-state index in [2.05, 4.69) is 41.4 Å². The van der Waals surface area contributed by atoms with Crippen molar-refractivity contribution in [1.82, 2.24) is 15.1 Å². The van der Waals surface area contributed by atoms with Gasteiger partial charge in [-0.3, -0.25) is 4.90 Å². The summed E-state index contributed by atoms with van der Waals surface area (Å²) in [7, 11) is 1.37. The van der Waals surface area contributed by atoms with E-state index in [1.807, 2.05) is 30.3 Å². The number of carbonyl (C=O) groups is 1. The minimum absolute atomic E-state index is 0.0896. The van der Waals surface area contributed by atoms with Gasteiger partial charge in [0.2, 0.25) is 0 Å². The van der Waals surface area contributed by atoms with E-state index in [1.165, 1.54) is 30.7 Å². The molecule has 43 heavy (non-hydrogen) atoms. The van der Waals surface area contributed by atoms with Crippen LogP contribution in [0.3, 0.4) is 0 Å². The third-order valence-electron chi connectivity index (χ3n) is 8.43. The summed E-state index contributed by atoms with van der Waals surface area (Å²) in [6.07, 6.45) is -8.32. The Morgan fingerprint density at radius 3 is 2.09 bits per heavy atom. The molecule has 10 heteroatoms. The van der Waals surface area contributed by atoms with Crippen LogP contribution in [0, 0.1) is 18.8 Å². The number of halogens is 6. The minimum Gasteiger partial charge on any atom is -0.338 e. The Labute approximate surface area is 248 Å². The van der Waals surface area contributed by atoms with Crippen LogP contribution in [0.4, 0.5) is 31.1 Å². The highest BCUT2D eigenvalue weighted by atomic mass is 19.4. The first-order valence-electron chi connectivity index (χ1n) is 14.3. The molecule has 3 aromatic carbocycles. The molecule has 3 atom stereocenters. The number of hydrogen-bond donors (Lipinski definition) is 1. The molecule has 2 amide bonds. The molecule has 3 aromatic rings. The number of carbonyl (C=O) groups excluding carboxylic acids is 1. The van der Waals surface area contributed by atoms with E-state index in [-0.39, 0.29) is 11.6 Å². The summed E-state index contributed by atoms with van der Waals surface area (Å²) in [5.74, 6) is 0.661. The van der Waals surface area contributed by atoms with Gasteiger partial charge in [-0.2, -0.15) is 26.3 Å². The van der Waals surface area contributed by atoms with Gasteiger partial charge in [0.25, 0.3) is 0 Å². The fourth-order valence-corrected chi connectivity index (χ4v) is 5.80. The zero-order valence-corrected chi connectivity index (χ0v) is 24.5. The summed E-state index contributed by atoms with van der Waals surface area (Å²) in [6.45, 7) is 6.44. The van der Waals surface area contributed by atoms with Crippen molar-refractivity contribution in [2.24, 2.45) is 11.8 Å². The topological polar surface area (TPSA) is 35.6 Å². The van der Waals surface area contributed by atoms with Gasteiger partial charge in [0.05, 0.1) is 17.2 Å². The first kappa shape index (κ1) is 32.4. The fraction of sp³-hybridized carbons (Fsp3) is 0.424. The van der Waals surface area contributed by atoms with Gasteiger partial charge in [0.1, 0.15) is 0 Å². The summed E-state index contributed by atoms with van der Waals surface area (Å²) >= 11 is 0. The molecule has 1 aliphatic rings. The zero-order chi connectivity index (χ0) is 31.4. The maximum atomic E-state index is 13.4. The van der Waals surface area contributed by atoms with Crippen molar-refractivity contribution in [3.63, 3.8) is 0 Å². The number of urea groups is 1. The average Bonchev–Trinajstić information content (AvgIpc) is 3.33. The van der Waals surface area contributed by atoms with Crippen molar-refractivity contribution in [2.75, 3.05) is 26.7 Å². The highest BCUT2D eigenvalue weighted by Crippen LogP contribution is 2.38. The number of hydrogen-bond acceptors (Lipinski definition) is 2. The van der Waals surface area contributed by atoms with E-state index in [1.54, 1.807) is 0 Å². The van der Waals surface area contributed by atoms with Gasteiger partial charge in [0.15, 0.2) is 0 Å². The largest absolute Gasteiger partial charge is 0.416 e. The van der Waals surface area contributed by atoms with Gasteiger partial charge >= 0.3 is 18.4 Å². The maximum Gasteiger partial charge on any atom is 0.416 e. The third kappa shape index (κ3) is 8.53. The quantitative estimate of drug-likeness (QED) is 0.250. The lowest BCUT2D eigenvalue weighted by Crippen LogP contribution is -2.40. The van der Waals surface area contributed by atoms with E-state index in [4.69, 9.17) is 0 Å². The molecule has 1 unspecified atom stereocenters. The average molecular weight is 606 g/mol. The van der Waals surface area contributed by atoms with E-state index in [0.717, 1.165) is 31.0 Å². The zero-order valence-electron chi connectivity index (χ0n) is 24.5. The summed E-state index contributed by atoms with van der Waals surface area (Å²) in [5.41, 5.74) is 0.694. The number of aryl methyl sites for hydroxylation is 1. The molecule has 0 aromatic heterocycles. The van der Waals surface area contributed by atoms with Gasteiger partial charge in [-0.25, -0.2) is 4.79 Å². The molecule has 232 valence electrons. The predicted molar refractivity (Wildman–Crippen MR) is 154 cm³/mol. The number of nitrogens with zero attached hydrogens (tertiary/aromatic N) is 2. The maximum absolute atomic E-state index is 13.4. The molecule has 4 nitrogen and oxygen atoms in total. The van der Waals surface area contributed by atoms with Crippen LogP contribution in [0.15, 0.2) is 72.8 Å². The Morgan fingerprint density at radius 2 is 1.49 bits per heavy atom. The second kappa shape index (κ2) is 13.4. The molecule has 1 N–H and O–H groups in total. The van der Waals surface area contributed by atoms with Crippen LogP contribution in [-0.4, -0.2) is 42.5 Å². The van der Waals surface area contributed by atoms with E-state index < -0.39 is 35.6 Å². The second-order valence-electron chi connectivity index (χ2n) is 11.5. The van der Waals surface area contributed by atoms with Crippen molar-refractivity contribution in [3.05, 3.63) is 106 Å². The van der Waals surface area contributed by atoms with Gasteiger partial charge in [-0.15, -0.1) is 0 Å². The molecule has 1 saturated heterocycles. The Hall–Kier alpha value is -3.53. The van der Waals surface area contributed by atoms with Crippen LogP contribution in [-0.2, 0) is 25.3 Å². The summed E-state index contributed by atoms with van der Waals surface area (Å²) in [4.78, 5) is 16.5. The number of amides is 2. The highest BCUT2D eigenvalue weighted by Gasteiger charge is 2.38. The monoisotopic (exact) mass is 605 g/mol. The predicted octanol–water partition coefficient (Wildman–Crippen LogP) is 8.12. The molecule has 4 rings (SSSR count). The van der Waals surface area contributed by atoms with Crippen molar-refractivity contribution < 1.29 is 31.1 Å². The van der Waals surface area contributed by atoms with E-state index in [9.17, 15) is 31.1 Å². The minimum atomic E-state index is -4.96. The number of likely N-dealkylation sites (tertiary alicyclic amines) is 1. The Balaban J connectivity index is 1.41. The van der Waals surface area contributed by atoms with Gasteiger partial charge in [-0.05, 0) is 79.0 Å². The van der Waals surface area contributed by atoms with Crippen LogP contribution in [0.25, 0.3) is 0 Å². The molecule has 0 radical (unpaired) electrons. The van der Waals surface area contributed by atoms with Crippen LogP contribution >= 0.6 is 0 Å². The molecule has 1 aliphatic heterocycles. The summed E-state index contributed by atoms with van der Waals surface area (Å²) in [5, 5.41) is 2.83. The van der Waals surface area contributed by atoms with Crippen molar-refractivity contribution in [3.8, 4) is 0 Å². The molecule has 0 saturated carbocycles. The molecule has 0 bridgehead atoms. The number of alkyl halides is 6. The Kier molecular flexibility index (Phi) is 10.1. The molecule has 1 heterocycles. The van der Waals surface area contributed by atoms with Crippen LogP contribution in [0.5, 0.6) is 0 Å². The Morgan fingerprint density at radius 1 is 0.907 bits per heavy atom. The molecule has 0 aliphatic carbocycles. The summed E-state index contributed by atoms with van der Waals surface area (Å²) in [6, 6.07) is 18.4. The lowest BCUT2D eigenvalue weighted by atomic mass is 9.86. The SMILES string of the molecule is Cc1ccccc1C[C@@H]1CN(Cc2ccccc2)CC1CCNC(=O)N(C)[C@H](C)c1cc(C(F)(F)F)cc(C(F)(F)F)c1. The van der Waals surface area contributed by atoms with E-state index in [0.29, 0.717) is 36.9 Å². The molecule has 1 fully saturated rings. The number of nitrogens with one attached hydrogen (secondary N) is 1. The van der Waals surface area contributed by atoms with E-state index >= 15 is 0 Å². The lowest BCUT2D eigenvalue weighted by Gasteiger charge is -2.27. The fourth-order valence-electron chi connectivity index (χ4n) is 5.80. The first-order valence-corrected chi connectivity index (χ1v) is 14.3. The second-order valence-corrected chi connectivity index (χ2v) is 11.5. The molecular formula is C33H37F6N3O. The first-order chi connectivity index (χ1) is 20.2. The lowest BCUT2D eigenvalue weighted by molar-refractivity contribution is -0.143. The number of rotatable bonds is 9. The van der Waals surface area contributed by atoms with Crippen molar-refractivity contribution in [2.45, 2.75) is 51.6 Å². The van der Waals surface area contributed by atoms with Gasteiger partial charge in [-0.1, -0.05) is 54.6 Å². The third-order valence-corrected chi connectivity index (χ3v) is 8.43. The van der Waals surface area contributed by atoms with Crippen molar-refractivity contribution >= 4 is 6.03 Å². The summed E-state index contributed by atoms with van der Waals surface area (Å²) < 4.78 is 80.1. The molecular weight excluding hydrogens is 568 g/mol. The molecule has 0 spiro atoms. The van der Waals surface area contributed by atoms with Gasteiger partial charge in [0, 0.05) is 33.2 Å². The van der Waals surface area contributed by atoms with Crippen LogP contribution < -0.4 is 5.32 Å².